The minimum absolute atomic E-state index is 0.137. The van der Waals surface area contributed by atoms with Crippen molar-refractivity contribution in [3.8, 4) is 5.75 Å². The number of aliphatic hydroxyl groups excluding tert-OH is 1. The second kappa shape index (κ2) is 5.41. The fourth-order valence-electron chi connectivity index (χ4n) is 3.71. The van der Waals surface area contributed by atoms with Gasteiger partial charge in [0.25, 0.3) is 0 Å². The van der Waals surface area contributed by atoms with E-state index in [-0.39, 0.29) is 12.1 Å². The molecule has 1 aliphatic carbocycles. The van der Waals surface area contributed by atoms with Crippen LogP contribution in [0.5, 0.6) is 5.75 Å². The third kappa shape index (κ3) is 2.21. The van der Waals surface area contributed by atoms with E-state index in [1.54, 1.807) is 0 Å². The molecule has 0 bridgehead atoms. The summed E-state index contributed by atoms with van der Waals surface area (Å²) in [5, 5.41) is 13.6. The molecule has 2 N–H and O–H groups in total. The van der Waals surface area contributed by atoms with Crippen molar-refractivity contribution < 1.29 is 9.84 Å². The minimum Gasteiger partial charge on any atom is -0.493 e. The van der Waals surface area contributed by atoms with Gasteiger partial charge in [0.2, 0.25) is 0 Å². The predicted octanol–water partition coefficient (Wildman–Crippen LogP) is 2.55. The summed E-state index contributed by atoms with van der Waals surface area (Å²) in [6.45, 7) is 1.69. The second-order valence-electron chi connectivity index (χ2n) is 6.29. The van der Waals surface area contributed by atoms with Gasteiger partial charge in [0.15, 0.2) is 0 Å². The summed E-state index contributed by atoms with van der Waals surface area (Å²) < 4.78 is 5.56. The summed E-state index contributed by atoms with van der Waals surface area (Å²) in [7, 11) is 0. The molecule has 3 nitrogen and oxygen atoms in total. The van der Waals surface area contributed by atoms with Crippen LogP contribution in [0.1, 0.15) is 28.7 Å². The molecular formula is C19H21NO2. The van der Waals surface area contributed by atoms with E-state index in [1.807, 2.05) is 0 Å². The van der Waals surface area contributed by atoms with E-state index in [1.165, 1.54) is 22.3 Å². The van der Waals surface area contributed by atoms with Crippen molar-refractivity contribution in [2.75, 3.05) is 13.2 Å². The predicted molar refractivity (Wildman–Crippen MR) is 86.0 cm³/mol. The van der Waals surface area contributed by atoms with Gasteiger partial charge in [0, 0.05) is 13.0 Å². The summed E-state index contributed by atoms with van der Waals surface area (Å²) >= 11 is 0. The quantitative estimate of drug-likeness (QED) is 0.911. The van der Waals surface area contributed by atoms with E-state index in [2.05, 4.69) is 47.8 Å². The number of rotatable bonds is 4. The van der Waals surface area contributed by atoms with E-state index in [0.29, 0.717) is 0 Å². The summed E-state index contributed by atoms with van der Waals surface area (Å²) in [6.07, 6.45) is 2.98. The Balaban J connectivity index is 1.55. The molecule has 0 radical (unpaired) electrons. The van der Waals surface area contributed by atoms with Crippen molar-refractivity contribution >= 4 is 0 Å². The monoisotopic (exact) mass is 295 g/mol. The molecule has 0 unspecified atom stereocenters. The summed E-state index contributed by atoms with van der Waals surface area (Å²) in [5.41, 5.74) is 4.85. The summed E-state index contributed by atoms with van der Waals surface area (Å²) in [5.74, 6) is 1.02. The number of aliphatic hydroxyl groups is 1. The number of hydrogen-bond donors (Lipinski definition) is 2. The third-order valence-electron chi connectivity index (χ3n) is 5.01. The molecule has 114 valence electrons. The zero-order valence-corrected chi connectivity index (χ0v) is 12.6. The molecule has 1 atom stereocenters. The largest absolute Gasteiger partial charge is 0.493 e. The van der Waals surface area contributed by atoms with E-state index in [4.69, 9.17) is 4.74 Å². The Morgan fingerprint density at radius 3 is 2.91 bits per heavy atom. The summed E-state index contributed by atoms with van der Waals surface area (Å²) in [6, 6.07) is 14.8. The third-order valence-corrected chi connectivity index (χ3v) is 5.01. The van der Waals surface area contributed by atoms with E-state index < -0.39 is 0 Å². The first kappa shape index (κ1) is 13.8. The molecule has 1 heterocycles. The Labute approximate surface area is 130 Å². The van der Waals surface area contributed by atoms with Gasteiger partial charge in [-0.05, 0) is 41.2 Å². The first-order valence-corrected chi connectivity index (χ1v) is 8.00. The van der Waals surface area contributed by atoms with Gasteiger partial charge in [0.1, 0.15) is 5.75 Å². The molecule has 0 saturated heterocycles. The van der Waals surface area contributed by atoms with Crippen molar-refractivity contribution in [1.82, 2.24) is 5.32 Å². The zero-order valence-electron chi connectivity index (χ0n) is 12.6. The van der Waals surface area contributed by atoms with Gasteiger partial charge >= 0.3 is 0 Å². The lowest BCUT2D eigenvalue weighted by atomic mass is 9.92. The molecule has 0 fully saturated rings. The van der Waals surface area contributed by atoms with Crippen LogP contribution in [0.4, 0.5) is 0 Å². The molecule has 0 amide bonds. The van der Waals surface area contributed by atoms with E-state index >= 15 is 0 Å². The maximum Gasteiger partial charge on any atom is 0.122 e. The van der Waals surface area contributed by atoms with Gasteiger partial charge in [-0.1, -0.05) is 36.4 Å². The lowest BCUT2D eigenvalue weighted by Gasteiger charge is -2.30. The lowest BCUT2D eigenvalue weighted by molar-refractivity contribution is 0.159. The number of nitrogens with one attached hydrogen (secondary N) is 1. The number of benzene rings is 2. The highest BCUT2D eigenvalue weighted by Gasteiger charge is 2.37. The standard InChI is InChI=1S/C19H21NO2/c21-13-19(9-7-15-3-1-2-4-17(15)19)20-12-14-5-6-18-16(11-14)8-10-22-18/h1-6,11,20-21H,7-10,12-13H2/t19-/m0/s1. The molecular weight excluding hydrogens is 274 g/mol. The topological polar surface area (TPSA) is 41.5 Å². The maximum atomic E-state index is 10.0. The van der Waals surface area contributed by atoms with Crippen molar-refractivity contribution in [1.29, 1.82) is 0 Å². The fourth-order valence-corrected chi connectivity index (χ4v) is 3.71. The number of aryl methyl sites for hydroxylation is 1. The minimum atomic E-state index is -0.299. The highest BCUT2D eigenvalue weighted by atomic mass is 16.5. The van der Waals surface area contributed by atoms with Crippen LogP contribution in [0.2, 0.25) is 0 Å². The normalized spacial score (nSPS) is 22.2. The number of ether oxygens (including phenoxy) is 1. The summed E-state index contributed by atoms with van der Waals surface area (Å²) in [4.78, 5) is 0. The van der Waals surface area contributed by atoms with Crippen LogP contribution >= 0.6 is 0 Å². The molecule has 3 heteroatoms. The van der Waals surface area contributed by atoms with E-state index in [0.717, 1.165) is 38.2 Å². The Bertz CT molecular complexity index is 698. The Hall–Kier alpha value is -1.84. The first-order valence-electron chi connectivity index (χ1n) is 8.00. The zero-order chi connectivity index (χ0) is 15.0. The van der Waals surface area contributed by atoms with Crippen LogP contribution < -0.4 is 10.1 Å². The molecule has 22 heavy (non-hydrogen) atoms. The Kier molecular flexibility index (Phi) is 3.40. The molecule has 2 aromatic rings. The average Bonchev–Trinajstić information content (AvgIpc) is 3.18. The number of hydrogen-bond acceptors (Lipinski definition) is 3. The van der Waals surface area contributed by atoms with Crippen LogP contribution in [-0.2, 0) is 24.9 Å². The molecule has 0 spiro atoms. The molecule has 4 rings (SSSR count). The van der Waals surface area contributed by atoms with Crippen molar-refractivity contribution in [3.63, 3.8) is 0 Å². The molecule has 0 saturated carbocycles. The Morgan fingerprint density at radius 1 is 1.09 bits per heavy atom. The first-order chi connectivity index (χ1) is 10.8. The van der Waals surface area contributed by atoms with Gasteiger partial charge < -0.3 is 15.2 Å². The van der Waals surface area contributed by atoms with Crippen LogP contribution in [0.25, 0.3) is 0 Å². The van der Waals surface area contributed by atoms with Crippen molar-refractivity contribution in [2.24, 2.45) is 0 Å². The highest BCUT2D eigenvalue weighted by molar-refractivity contribution is 5.41. The van der Waals surface area contributed by atoms with Gasteiger partial charge in [0.05, 0.1) is 18.8 Å². The van der Waals surface area contributed by atoms with Crippen LogP contribution in [0.3, 0.4) is 0 Å². The number of fused-ring (bicyclic) bond motifs is 2. The van der Waals surface area contributed by atoms with Crippen molar-refractivity contribution in [3.05, 3.63) is 64.7 Å². The van der Waals surface area contributed by atoms with E-state index in [9.17, 15) is 5.11 Å². The molecule has 2 aromatic carbocycles. The van der Waals surface area contributed by atoms with Crippen LogP contribution in [-0.4, -0.2) is 18.3 Å². The highest BCUT2D eigenvalue weighted by Crippen LogP contribution is 2.37. The SMILES string of the molecule is OC[C@@]1(NCc2ccc3c(c2)CCO3)CCc2ccccc21. The molecule has 1 aliphatic heterocycles. The molecule has 0 aromatic heterocycles. The van der Waals surface area contributed by atoms with Gasteiger partial charge in [-0.2, -0.15) is 0 Å². The van der Waals surface area contributed by atoms with Gasteiger partial charge in [-0.25, -0.2) is 0 Å². The molecule has 2 aliphatic rings. The van der Waals surface area contributed by atoms with Gasteiger partial charge in [-0.3, -0.25) is 0 Å². The van der Waals surface area contributed by atoms with Crippen LogP contribution in [0.15, 0.2) is 42.5 Å². The van der Waals surface area contributed by atoms with Gasteiger partial charge in [-0.15, -0.1) is 0 Å². The fraction of sp³-hybridized carbons (Fsp3) is 0.368. The lowest BCUT2D eigenvalue weighted by Crippen LogP contribution is -2.43. The second-order valence-corrected chi connectivity index (χ2v) is 6.29. The van der Waals surface area contributed by atoms with Crippen molar-refractivity contribution in [2.45, 2.75) is 31.3 Å². The smallest absolute Gasteiger partial charge is 0.122 e. The van der Waals surface area contributed by atoms with Crippen LogP contribution in [0, 0.1) is 0 Å². The average molecular weight is 295 g/mol. The maximum absolute atomic E-state index is 10.0. The Morgan fingerprint density at radius 2 is 2.00 bits per heavy atom.